The Hall–Kier alpha value is -1.86. The van der Waals surface area contributed by atoms with Crippen LogP contribution in [-0.4, -0.2) is 33.8 Å². The van der Waals surface area contributed by atoms with Crippen molar-refractivity contribution in [1.29, 1.82) is 0 Å². The Morgan fingerprint density at radius 2 is 1.79 bits per heavy atom. The van der Waals surface area contributed by atoms with Gasteiger partial charge in [0.2, 0.25) is 0 Å². The van der Waals surface area contributed by atoms with E-state index in [0.29, 0.717) is 25.9 Å². The van der Waals surface area contributed by atoms with Gasteiger partial charge in [-0.25, -0.2) is 9.69 Å². The van der Waals surface area contributed by atoms with Crippen LogP contribution in [0.4, 0.5) is 0 Å². The number of aromatic nitrogens is 2. The molecule has 1 saturated heterocycles. The highest BCUT2D eigenvalue weighted by atomic mass is 79.9. The van der Waals surface area contributed by atoms with Gasteiger partial charge in [0.1, 0.15) is 0 Å². The highest BCUT2D eigenvalue weighted by molar-refractivity contribution is 9.10. The van der Waals surface area contributed by atoms with E-state index in [2.05, 4.69) is 52.5 Å². The van der Waals surface area contributed by atoms with E-state index < -0.39 is 0 Å². The lowest BCUT2D eigenvalue weighted by Crippen LogP contribution is -2.45. The Bertz CT molecular complexity index is 1140. The molecule has 4 rings (SSSR count). The first-order chi connectivity index (χ1) is 16.5. The third-order valence-electron chi connectivity index (χ3n) is 6.09. The van der Waals surface area contributed by atoms with E-state index in [1.165, 1.54) is 31.2 Å². The summed E-state index contributed by atoms with van der Waals surface area (Å²) in [7, 11) is 0. The molecule has 1 aliphatic rings. The first kappa shape index (κ1) is 25.2. The number of benzene rings is 2. The Labute approximate surface area is 219 Å². The number of piperidine rings is 1. The molecule has 5 nitrogen and oxygen atoms in total. The molecule has 1 aromatic heterocycles. The zero-order valence-corrected chi connectivity index (χ0v) is 22.4. The number of unbranched alkanes of at least 4 members (excludes halogenated alkanes) is 2. The summed E-state index contributed by atoms with van der Waals surface area (Å²) in [5.41, 5.74) is 7.01. The summed E-state index contributed by atoms with van der Waals surface area (Å²) in [6.45, 7) is 3.90. The molecule has 0 unspecified atom stereocenters. The summed E-state index contributed by atoms with van der Waals surface area (Å²) in [4.78, 5) is 13.2. The second-order valence-corrected chi connectivity index (χ2v) is 10.3. The van der Waals surface area contributed by atoms with Gasteiger partial charge < -0.3 is 0 Å². The van der Waals surface area contributed by atoms with Crippen molar-refractivity contribution in [2.45, 2.75) is 51.9 Å². The van der Waals surface area contributed by atoms with Crippen molar-refractivity contribution >= 4 is 45.0 Å². The molecule has 0 saturated carbocycles. The van der Waals surface area contributed by atoms with Crippen molar-refractivity contribution in [2.75, 3.05) is 13.1 Å². The molecule has 0 radical (unpaired) electrons. The maximum atomic E-state index is 13.2. The fraction of sp³-hybridized carbons (Fsp3) is 0.385. The molecule has 0 bridgehead atoms. The number of halogens is 3. The third-order valence-corrected chi connectivity index (χ3v) is 7.38. The molecular formula is C26H29BrCl2N4O. The predicted octanol–water partition coefficient (Wildman–Crippen LogP) is 7.47. The van der Waals surface area contributed by atoms with Crippen LogP contribution in [-0.2, 0) is 6.42 Å². The summed E-state index contributed by atoms with van der Waals surface area (Å²) in [5.74, 6) is -0.241. The van der Waals surface area contributed by atoms with Crippen molar-refractivity contribution in [3.05, 3.63) is 68.2 Å². The minimum atomic E-state index is -0.241. The van der Waals surface area contributed by atoms with Crippen molar-refractivity contribution < 1.29 is 4.79 Å². The summed E-state index contributed by atoms with van der Waals surface area (Å²) in [5, 5.41) is 7.67. The molecule has 0 aliphatic carbocycles. The van der Waals surface area contributed by atoms with Gasteiger partial charge in [-0.15, -0.1) is 0 Å². The van der Waals surface area contributed by atoms with Gasteiger partial charge in [-0.3, -0.25) is 10.2 Å². The van der Waals surface area contributed by atoms with E-state index in [0.717, 1.165) is 43.6 Å². The van der Waals surface area contributed by atoms with Gasteiger partial charge in [0.15, 0.2) is 5.69 Å². The molecular weight excluding hydrogens is 535 g/mol. The molecule has 2 heterocycles. The van der Waals surface area contributed by atoms with Gasteiger partial charge in [-0.2, -0.15) is 5.10 Å². The van der Waals surface area contributed by atoms with Gasteiger partial charge in [0.05, 0.1) is 20.9 Å². The molecule has 0 spiro atoms. The first-order valence-corrected chi connectivity index (χ1v) is 13.4. The molecule has 1 N–H and O–H groups in total. The first-order valence-electron chi connectivity index (χ1n) is 11.9. The van der Waals surface area contributed by atoms with Crippen LogP contribution >= 0.6 is 39.1 Å². The average Bonchev–Trinajstić information content (AvgIpc) is 3.17. The van der Waals surface area contributed by atoms with Gasteiger partial charge in [0, 0.05) is 23.7 Å². The smallest absolute Gasteiger partial charge is 0.283 e. The number of nitrogens with zero attached hydrogens (tertiary/aromatic N) is 3. The Kier molecular flexibility index (Phi) is 8.70. The van der Waals surface area contributed by atoms with E-state index >= 15 is 0 Å². The minimum absolute atomic E-state index is 0.241. The lowest BCUT2D eigenvalue weighted by molar-refractivity contribution is 0.0743. The van der Waals surface area contributed by atoms with Crippen LogP contribution < -0.4 is 5.43 Å². The quantitative estimate of drug-likeness (QED) is 0.289. The third kappa shape index (κ3) is 5.85. The van der Waals surface area contributed by atoms with Crippen LogP contribution in [0.3, 0.4) is 0 Å². The molecule has 1 fully saturated rings. The van der Waals surface area contributed by atoms with E-state index in [4.69, 9.17) is 28.3 Å². The van der Waals surface area contributed by atoms with Crippen LogP contribution in [0, 0.1) is 0 Å². The largest absolute Gasteiger partial charge is 0.287 e. The monoisotopic (exact) mass is 562 g/mol. The van der Waals surface area contributed by atoms with Crippen LogP contribution in [0.2, 0.25) is 10.0 Å². The van der Waals surface area contributed by atoms with Gasteiger partial charge in [-0.05, 0) is 65.4 Å². The van der Waals surface area contributed by atoms with E-state index in [-0.39, 0.29) is 5.91 Å². The number of hydrazine groups is 1. The van der Waals surface area contributed by atoms with Crippen LogP contribution in [0.1, 0.15) is 61.5 Å². The van der Waals surface area contributed by atoms with E-state index in [9.17, 15) is 4.79 Å². The van der Waals surface area contributed by atoms with Crippen molar-refractivity contribution in [1.82, 2.24) is 20.2 Å². The van der Waals surface area contributed by atoms with Gasteiger partial charge in [-0.1, -0.05) is 73.7 Å². The number of amides is 1. The number of hydrogen-bond acceptors (Lipinski definition) is 3. The fourth-order valence-corrected chi connectivity index (χ4v) is 5.38. The van der Waals surface area contributed by atoms with Crippen molar-refractivity contribution in [2.24, 2.45) is 0 Å². The molecule has 34 heavy (non-hydrogen) atoms. The molecule has 2 aromatic carbocycles. The summed E-state index contributed by atoms with van der Waals surface area (Å²) in [6, 6.07) is 13.7. The Morgan fingerprint density at radius 3 is 2.47 bits per heavy atom. The van der Waals surface area contributed by atoms with Crippen LogP contribution in [0.25, 0.3) is 16.9 Å². The number of nitrogens with one attached hydrogen (secondary N) is 1. The molecule has 1 amide bonds. The fourth-order valence-electron chi connectivity index (χ4n) is 4.23. The number of carbonyl (C=O) groups excluding carboxylic acids is 1. The Morgan fingerprint density at radius 1 is 1.06 bits per heavy atom. The highest BCUT2D eigenvalue weighted by Crippen LogP contribution is 2.36. The SMILES string of the molecule is CCCCCc1ccc(-c2c(Br)c(C(=O)NN3CCCCC3)nn2-c2ccc(Cl)cc2Cl)cc1. The number of rotatable bonds is 8. The molecule has 0 atom stereocenters. The van der Waals surface area contributed by atoms with Gasteiger partial charge in [0.25, 0.3) is 5.91 Å². The van der Waals surface area contributed by atoms with Crippen molar-refractivity contribution in [3.63, 3.8) is 0 Å². The number of aryl methyl sites for hydroxylation is 1. The topological polar surface area (TPSA) is 50.2 Å². The van der Waals surface area contributed by atoms with Crippen LogP contribution in [0.15, 0.2) is 46.9 Å². The van der Waals surface area contributed by atoms with Crippen molar-refractivity contribution in [3.8, 4) is 16.9 Å². The Balaban J connectivity index is 1.72. The standard InChI is InChI=1S/C26H29BrCl2N4O/c1-2-3-5-8-18-9-11-19(12-10-18)25-23(27)24(26(34)31-32-15-6-4-7-16-32)30-33(25)22-14-13-20(28)17-21(22)29/h9-14,17H,2-8,15-16H2,1H3,(H,31,34). The zero-order valence-electron chi connectivity index (χ0n) is 19.3. The highest BCUT2D eigenvalue weighted by Gasteiger charge is 2.26. The summed E-state index contributed by atoms with van der Waals surface area (Å²) in [6.07, 6.45) is 8.01. The lowest BCUT2D eigenvalue weighted by atomic mass is 10.0. The molecule has 3 aromatic rings. The zero-order chi connectivity index (χ0) is 24.1. The number of carbonyl (C=O) groups is 1. The second kappa shape index (κ2) is 11.7. The average molecular weight is 564 g/mol. The van der Waals surface area contributed by atoms with E-state index in [1.54, 1.807) is 16.8 Å². The molecule has 1 aliphatic heterocycles. The normalized spacial score (nSPS) is 14.4. The lowest BCUT2D eigenvalue weighted by Gasteiger charge is -2.26. The maximum Gasteiger partial charge on any atom is 0.287 e. The molecule has 180 valence electrons. The van der Waals surface area contributed by atoms with Crippen LogP contribution in [0.5, 0.6) is 0 Å². The minimum Gasteiger partial charge on any atom is -0.283 e. The molecule has 8 heteroatoms. The summed E-state index contributed by atoms with van der Waals surface area (Å²) < 4.78 is 2.35. The predicted molar refractivity (Wildman–Crippen MR) is 143 cm³/mol. The summed E-state index contributed by atoms with van der Waals surface area (Å²) >= 11 is 16.4. The second-order valence-electron chi connectivity index (χ2n) is 8.66. The maximum absolute atomic E-state index is 13.2. The van der Waals surface area contributed by atoms with E-state index in [1.807, 2.05) is 11.1 Å². The number of hydrogen-bond donors (Lipinski definition) is 1. The van der Waals surface area contributed by atoms with Gasteiger partial charge >= 0.3 is 0 Å².